The molecule has 0 saturated carbocycles. The standard InChI is InChI=1S/C13H16N4O3S/c1-5-17-9(6-7(2)14-17)11(18)16(4)12-10(13(19)20)8(3)15-21-12/h6H,5H2,1-4H3,(H,19,20). The maximum atomic E-state index is 12.6. The van der Waals surface area contributed by atoms with E-state index in [9.17, 15) is 14.7 Å². The molecular formula is C13H16N4O3S. The van der Waals surface area contributed by atoms with Crippen LogP contribution in [0, 0.1) is 13.8 Å². The summed E-state index contributed by atoms with van der Waals surface area (Å²) >= 11 is 1.00. The lowest BCUT2D eigenvalue weighted by Gasteiger charge is -2.16. The third-order valence-electron chi connectivity index (χ3n) is 3.09. The summed E-state index contributed by atoms with van der Waals surface area (Å²) in [5, 5.41) is 13.8. The Morgan fingerprint density at radius 1 is 1.43 bits per heavy atom. The molecule has 0 saturated heterocycles. The Morgan fingerprint density at radius 2 is 2.10 bits per heavy atom. The molecule has 0 aliphatic heterocycles. The summed E-state index contributed by atoms with van der Waals surface area (Å²) in [6, 6.07) is 1.69. The molecule has 0 unspecified atom stereocenters. The van der Waals surface area contributed by atoms with Crippen LogP contribution >= 0.6 is 11.5 Å². The van der Waals surface area contributed by atoms with E-state index < -0.39 is 5.97 Å². The maximum Gasteiger partial charge on any atom is 0.340 e. The van der Waals surface area contributed by atoms with Crippen molar-refractivity contribution in [2.45, 2.75) is 27.3 Å². The van der Waals surface area contributed by atoms with Gasteiger partial charge in [-0.25, -0.2) is 4.79 Å². The first-order chi connectivity index (χ1) is 9.86. The number of aromatic nitrogens is 3. The van der Waals surface area contributed by atoms with Crippen molar-refractivity contribution in [3.63, 3.8) is 0 Å². The molecule has 2 aromatic rings. The zero-order chi connectivity index (χ0) is 15.7. The molecule has 0 aliphatic carbocycles. The predicted octanol–water partition coefficient (Wildman–Crippen LogP) is 1.95. The van der Waals surface area contributed by atoms with Crippen LogP contribution in [-0.4, -0.2) is 38.2 Å². The molecule has 21 heavy (non-hydrogen) atoms. The number of carbonyl (C=O) groups is 2. The van der Waals surface area contributed by atoms with Crippen molar-refractivity contribution in [3.8, 4) is 0 Å². The molecular weight excluding hydrogens is 292 g/mol. The Hall–Kier alpha value is -2.22. The van der Waals surface area contributed by atoms with Gasteiger partial charge in [-0.05, 0) is 38.4 Å². The van der Waals surface area contributed by atoms with Crippen molar-refractivity contribution in [2.75, 3.05) is 11.9 Å². The van der Waals surface area contributed by atoms with Crippen LogP contribution in [0.3, 0.4) is 0 Å². The number of aryl methyl sites for hydroxylation is 3. The van der Waals surface area contributed by atoms with E-state index in [-0.39, 0.29) is 11.5 Å². The molecule has 2 heterocycles. The highest BCUT2D eigenvalue weighted by Crippen LogP contribution is 2.28. The third-order valence-corrected chi connectivity index (χ3v) is 4.10. The zero-order valence-corrected chi connectivity index (χ0v) is 13.1. The smallest absolute Gasteiger partial charge is 0.340 e. The molecule has 7 nitrogen and oxygen atoms in total. The molecule has 2 aromatic heterocycles. The van der Waals surface area contributed by atoms with Crippen LogP contribution in [0.2, 0.25) is 0 Å². The fourth-order valence-electron chi connectivity index (χ4n) is 2.06. The van der Waals surface area contributed by atoms with Crippen LogP contribution in [0.1, 0.15) is 39.2 Å². The monoisotopic (exact) mass is 308 g/mol. The van der Waals surface area contributed by atoms with Crippen LogP contribution in [-0.2, 0) is 6.54 Å². The summed E-state index contributed by atoms with van der Waals surface area (Å²) in [6.45, 7) is 5.88. The zero-order valence-electron chi connectivity index (χ0n) is 12.2. The number of hydrogen-bond acceptors (Lipinski definition) is 5. The molecule has 1 amide bonds. The number of anilines is 1. The number of rotatable bonds is 4. The molecule has 1 N–H and O–H groups in total. The van der Waals surface area contributed by atoms with Crippen molar-refractivity contribution >= 4 is 28.4 Å². The molecule has 0 aliphatic rings. The molecule has 2 rings (SSSR count). The summed E-state index contributed by atoms with van der Waals surface area (Å²) in [7, 11) is 1.55. The molecule has 0 fully saturated rings. The fourth-order valence-corrected chi connectivity index (χ4v) is 2.90. The molecule has 0 atom stereocenters. The Labute approximate surface area is 126 Å². The minimum Gasteiger partial charge on any atom is -0.478 e. The van der Waals surface area contributed by atoms with Crippen molar-refractivity contribution in [3.05, 3.63) is 28.7 Å². The number of aromatic carboxylic acids is 1. The van der Waals surface area contributed by atoms with E-state index >= 15 is 0 Å². The van der Waals surface area contributed by atoms with E-state index in [1.165, 1.54) is 4.90 Å². The van der Waals surface area contributed by atoms with E-state index in [4.69, 9.17) is 0 Å². The van der Waals surface area contributed by atoms with Gasteiger partial charge in [0.05, 0.1) is 11.4 Å². The van der Waals surface area contributed by atoms with Crippen molar-refractivity contribution in [1.82, 2.24) is 14.2 Å². The molecule has 0 aromatic carbocycles. The van der Waals surface area contributed by atoms with Gasteiger partial charge in [-0.2, -0.15) is 9.47 Å². The Morgan fingerprint density at radius 3 is 2.67 bits per heavy atom. The van der Waals surface area contributed by atoms with Gasteiger partial charge in [0, 0.05) is 13.6 Å². The molecule has 0 radical (unpaired) electrons. The maximum absolute atomic E-state index is 12.6. The third kappa shape index (κ3) is 2.66. The normalized spacial score (nSPS) is 10.7. The first-order valence-corrected chi connectivity index (χ1v) is 7.16. The van der Waals surface area contributed by atoms with E-state index in [0.29, 0.717) is 22.9 Å². The SMILES string of the molecule is CCn1nc(C)cc1C(=O)N(C)c1snc(C)c1C(=O)O. The molecule has 0 bridgehead atoms. The van der Waals surface area contributed by atoms with Gasteiger partial charge in [0.15, 0.2) is 0 Å². The number of carbonyl (C=O) groups excluding carboxylic acids is 1. The van der Waals surface area contributed by atoms with Crippen molar-refractivity contribution in [1.29, 1.82) is 0 Å². The van der Waals surface area contributed by atoms with Crippen molar-refractivity contribution in [2.24, 2.45) is 0 Å². The van der Waals surface area contributed by atoms with Gasteiger partial charge in [-0.15, -0.1) is 0 Å². The second kappa shape index (κ2) is 5.65. The Kier molecular flexibility index (Phi) is 4.08. The largest absolute Gasteiger partial charge is 0.478 e. The van der Waals surface area contributed by atoms with E-state index in [1.807, 2.05) is 13.8 Å². The quantitative estimate of drug-likeness (QED) is 0.932. The summed E-state index contributed by atoms with van der Waals surface area (Å²) < 4.78 is 5.63. The molecule has 8 heteroatoms. The Bertz CT molecular complexity index is 704. The Balaban J connectivity index is 2.42. The number of carboxylic acid groups (broad SMARTS) is 1. The van der Waals surface area contributed by atoms with E-state index in [2.05, 4.69) is 9.47 Å². The number of hydrogen-bond donors (Lipinski definition) is 1. The summed E-state index contributed by atoms with van der Waals surface area (Å²) in [6.07, 6.45) is 0. The summed E-state index contributed by atoms with van der Waals surface area (Å²) in [4.78, 5) is 25.2. The molecule has 0 spiro atoms. The van der Waals surface area contributed by atoms with Crippen LogP contribution in [0.15, 0.2) is 6.07 Å². The summed E-state index contributed by atoms with van der Waals surface area (Å²) in [5.41, 5.74) is 1.64. The van der Waals surface area contributed by atoms with Crippen molar-refractivity contribution < 1.29 is 14.7 Å². The van der Waals surface area contributed by atoms with Crippen LogP contribution in [0.4, 0.5) is 5.00 Å². The average molecular weight is 308 g/mol. The average Bonchev–Trinajstić information content (AvgIpc) is 2.99. The van der Waals surface area contributed by atoms with Gasteiger partial charge >= 0.3 is 5.97 Å². The second-order valence-corrected chi connectivity index (χ2v) is 5.36. The van der Waals surface area contributed by atoms with Crippen LogP contribution < -0.4 is 4.90 Å². The van der Waals surface area contributed by atoms with E-state index in [1.54, 1.807) is 24.7 Å². The first kappa shape index (κ1) is 15.2. The minimum absolute atomic E-state index is 0.0649. The number of amides is 1. The van der Waals surface area contributed by atoms with Gasteiger partial charge in [0.2, 0.25) is 0 Å². The topological polar surface area (TPSA) is 88.3 Å². The lowest BCUT2D eigenvalue weighted by molar-refractivity contribution is 0.0697. The fraction of sp³-hybridized carbons (Fsp3) is 0.385. The van der Waals surface area contributed by atoms with E-state index in [0.717, 1.165) is 17.2 Å². The lowest BCUT2D eigenvalue weighted by atomic mass is 10.2. The van der Waals surface area contributed by atoms with Crippen LogP contribution in [0.25, 0.3) is 0 Å². The molecule has 112 valence electrons. The minimum atomic E-state index is -1.09. The first-order valence-electron chi connectivity index (χ1n) is 6.38. The second-order valence-electron chi connectivity index (χ2n) is 4.60. The summed E-state index contributed by atoms with van der Waals surface area (Å²) in [5.74, 6) is -1.39. The van der Waals surface area contributed by atoms with Gasteiger partial charge in [0.1, 0.15) is 16.3 Å². The highest BCUT2D eigenvalue weighted by Gasteiger charge is 2.26. The van der Waals surface area contributed by atoms with Gasteiger partial charge in [-0.3, -0.25) is 14.4 Å². The van der Waals surface area contributed by atoms with Gasteiger partial charge in [0.25, 0.3) is 5.91 Å². The lowest BCUT2D eigenvalue weighted by Crippen LogP contribution is -2.29. The van der Waals surface area contributed by atoms with Gasteiger partial charge < -0.3 is 5.11 Å². The number of carboxylic acids is 1. The van der Waals surface area contributed by atoms with Gasteiger partial charge in [-0.1, -0.05) is 0 Å². The van der Waals surface area contributed by atoms with Crippen LogP contribution in [0.5, 0.6) is 0 Å². The highest BCUT2D eigenvalue weighted by molar-refractivity contribution is 7.11. The number of nitrogens with zero attached hydrogens (tertiary/aromatic N) is 4. The predicted molar refractivity (Wildman–Crippen MR) is 79.2 cm³/mol. The highest BCUT2D eigenvalue weighted by atomic mass is 32.1.